The first-order valence-corrected chi connectivity index (χ1v) is 11.1. The van der Waals surface area contributed by atoms with Crippen molar-refractivity contribution in [1.29, 1.82) is 0 Å². The molecule has 4 aromatic rings. The van der Waals surface area contributed by atoms with Gasteiger partial charge in [-0.25, -0.2) is 9.37 Å². The zero-order valence-corrected chi connectivity index (χ0v) is 18.6. The van der Waals surface area contributed by atoms with Gasteiger partial charge >= 0.3 is 21.8 Å². The molecule has 190 valence electrons. The van der Waals surface area contributed by atoms with E-state index >= 15 is 0 Å². The van der Waals surface area contributed by atoms with Gasteiger partial charge in [-0.15, -0.1) is 0 Å². The minimum atomic E-state index is -6.16. The van der Waals surface area contributed by atoms with Crippen molar-refractivity contribution in [3.8, 4) is 34.1 Å². The van der Waals surface area contributed by atoms with Crippen molar-refractivity contribution < 1.29 is 52.5 Å². The third-order valence-corrected chi connectivity index (χ3v) is 5.84. The Morgan fingerprint density at radius 3 is 2.22 bits per heavy atom. The van der Waals surface area contributed by atoms with Crippen molar-refractivity contribution in [3.05, 3.63) is 66.0 Å². The molecule has 0 N–H and O–H groups in total. The molecule has 36 heavy (non-hydrogen) atoms. The second-order valence-corrected chi connectivity index (χ2v) is 8.78. The predicted molar refractivity (Wildman–Crippen MR) is 112 cm³/mol. The lowest BCUT2D eigenvalue weighted by atomic mass is 10.0. The number of rotatable bonds is 5. The smallest absolute Gasteiger partial charge is 0.496 e. The zero-order chi connectivity index (χ0) is 26.5. The minimum Gasteiger partial charge on any atom is -0.496 e. The van der Waals surface area contributed by atoms with Gasteiger partial charge < -0.3 is 13.3 Å². The quantitative estimate of drug-likeness (QED) is 0.164. The van der Waals surface area contributed by atoms with E-state index in [9.17, 15) is 39.2 Å². The average molecular weight is 535 g/mol. The van der Waals surface area contributed by atoms with Crippen LogP contribution in [0.25, 0.3) is 33.7 Å². The molecule has 0 aliphatic rings. The molecular weight excluding hydrogens is 523 g/mol. The third kappa shape index (κ3) is 4.80. The molecule has 0 bridgehead atoms. The zero-order valence-electron chi connectivity index (χ0n) is 17.7. The number of halogens is 7. The molecule has 0 amide bonds. The van der Waals surface area contributed by atoms with E-state index in [-0.39, 0.29) is 39.4 Å². The first-order valence-electron chi connectivity index (χ1n) is 9.66. The minimum absolute atomic E-state index is 0.0522. The van der Waals surface area contributed by atoms with E-state index in [0.29, 0.717) is 12.1 Å². The van der Waals surface area contributed by atoms with Crippen LogP contribution in [0.5, 0.6) is 11.5 Å². The molecule has 6 nitrogen and oxygen atoms in total. The topological polar surface area (TPSA) is 78.6 Å². The Morgan fingerprint density at radius 2 is 1.58 bits per heavy atom. The highest BCUT2D eigenvalue weighted by molar-refractivity contribution is 7.88. The van der Waals surface area contributed by atoms with Crippen LogP contribution in [0.15, 0.2) is 59.0 Å². The number of oxazole rings is 1. The van der Waals surface area contributed by atoms with Gasteiger partial charge in [-0.3, -0.25) is 0 Å². The molecule has 0 atom stereocenters. The largest absolute Gasteiger partial charge is 0.534 e. The summed E-state index contributed by atoms with van der Waals surface area (Å²) in [5.74, 6) is -2.91. The van der Waals surface area contributed by atoms with Gasteiger partial charge in [0.1, 0.15) is 11.3 Å². The highest BCUT2D eigenvalue weighted by atomic mass is 32.2. The highest BCUT2D eigenvalue weighted by Crippen LogP contribution is 2.39. The van der Waals surface area contributed by atoms with Crippen molar-refractivity contribution in [2.24, 2.45) is 0 Å². The number of hydrogen-bond acceptors (Lipinski definition) is 6. The molecule has 0 saturated carbocycles. The second kappa shape index (κ2) is 8.69. The van der Waals surface area contributed by atoms with E-state index in [4.69, 9.17) is 9.15 Å². The number of fused-ring (bicyclic) bond motifs is 1. The Balaban J connectivity index is 1.78. The van der Waals surface area contributed by atoms with Crippen LogP contribution in [0.2, 0.25) is 0 Å². The lowest BCUT2D eigenvalue weighted by molar-refractivity contribution is -0.137. The molecular formula is C22H12F7NO5S. The van der Waals surface area contributed by atoms with E-state index < -0.39 is 38.9 Å². The van der Waals surface area contributed by atoms with Crippen molar-refractivity contribution in [2.75, 3.05) is 7.11 Å². The van der Waals surface area contributed by atoms with Gasteiger partial charge in [-0.05, 0) is 42.0 Å². The normalized spacial score (nSPS) is 12.7. The van der Waals surface area contributed by atoms with Gasteiger partial charge in [0.25, 0.3) is 0 Å². The van der Waals surface area contributed by atoms with E-state index in [1.807, 2.05) is 0 Å². The maximum absolute atomic E-state index is 14.3. The predicted octanol–water partition coefficient (Wildman–Crippen LogP) is 6.56. The summed E-state index contributed by atoms with van der Waals surface area (Å²) >= 11 is 0. The van der Waals surface area contributed by atoms with Crippen LogP contribution in [0.3, 0.4) is 0 Å². The molecule has 0 radical (unpaired) electrons. The fourth-order valence-corrected chi connectivity index (χ4v) is 3.66. The van der Waals surface area contributed by atoms with Gasteiger partial charge in [0.15, 0.2) is 17.1 Å². The van der Waals surface area contributed by atoms with Crippen molar-refractivity contribution in [1.82, 2.24) is 4.98 Å². The van der Waals surface area contributed by atoms with Crippen molar-refractivity contribution in [3.63, 3.8) is 0 Å². The SMILES string of the molecule is COc1cc(F)c(OS(=O)(=O)C(F)(F)F)cc1-c1cccc(-c2nc3cc(C(F)(F)F)ccc3o2)c1. The summed E-state index contributed by atoms with van der Waals surface area (Å²) in [4.78, 5) is 4.05. The summed E-state index contributed by atoms with van der Waals surface area (Å²) in [6, 6.07) is 9.84. The monoisotopic (exact) mass is 535 g/mol. The summed E-state index contributed by atoms with van der Waals surface area (Å²) in [5.41, 5.74) is -6.35. The first kappa shape index (κ1) is 25.3. The van der Waals surface area contributed by atoms with Gasteiger partial charge in [0.2, 0.25) is 5.89 Å². The van der Waals surface area contributed by atoms with Gasteiger partial charge in [-0.2, -0.15) is 34.8 Å². The summed E-state index contributed by atoms with van der Waals surface area (Å²) in [6.07, 6.45) is -4.59. The van der Waals surface area contributed by atoms with Crippen LogP contribution < -0.4 is 8.92 Å². The molecule has 0 fully saturated rings. The summed E-state index contributed by atoms with van der Waals surface area (Å²) in [5, 5.41) is 0. The maximum Gasteiger partial charge on any atom is 0.534 e. The number of nitrogens with zero attached hydrogens (tertiary/aromatic N) is 1. The Hall–Kier alpha value is -3.81. The summed E-state index contributed by atoms with van der Waals surface area (Å²) < 4.78 is 129. The van der Waals surface area contributed by atoms with Gasteiger partial charge in [0.05, 0.1) is 12.7 Å². The number of hydrogen-bond donors (Lipinski definition) is 0. The maximum atomic E-state index is 14.3. The van der Waals surface area contributed by atoms with Crippen LogP contribution in [0.1, 0.15) is 5.56 Å². The third-order valence-electron chi connectivity index (χ3n) is 4.87. The first-order chi connectivity index (χ1) is 16.7. The van der Waals surface area contributed by atoms with Gasteiger partial charge in [0, 0.05) is 17.2 Å². The van der Waals surface area contributed by atoms with E-state index in [1.165, 1.54) is 24.3 Å². The second-order valence-electron chi connectivity index (χ2n) is 7.25. The number of methoxy groups -OCH3 is 1. The molecule has 0 saturated heterocycles. The Labute approximate surface area is 198 Å². The number of benzene rings is 3. The van der Waals surface area contributed by atoms with Crippen LogP contribution in [0.4, 0.5) is 30.7 Å². The lowest BCUT2D eigenvalue weighted by Gasteiger charge is -2.14. The Kier molecular flexibility index (Phi) is 6.11. The molecule has 14 heteroatoms. The number of ether oxygens (including phenoxy) is 1. The van der Waals surface area contributed by atoms with E-state index in [2.05, 4.69) is 9.17 Å². The fourth-order valence-electron chi connectivity index (χ4n) is 3.21. The molecule has 4 rings (SSSR count). The molecule has 1 heterocycles. The molecule has 1 aromatic heterocycles. The van der Waals surface area contributed by atoms with Crippen LogP contribution in [-0.2, 0) is 16.3 Å². The highest BCUT2D eigenvalue weighted by Gasteiger charge is 2.49. The van der Waals surface area contributed by atoms with Crippen LogP contribution in [-0.4, -0.2) is 26.0 Å². The Bertz CT molecular complexity index is 1560. The van der Waals surface area contributed by atoms with E-state index in [0.717, 1.165) is 25.3 Å². The Morgan fingerprint density at radius 1 is 0.889 bits per heavy atom. The summed E-state index contributed by atoms with van der Waals surface area (Å²) in [7, 11) is -5.01. The van der Waals surface area contributed by atoms with E-state index in [1.54, 1.807) is 0 Å². The van der Waals surface area contributed by atoms with Crippen LogP contribution >= 0.6 is 0 Å². The molecule has 0 unspecified atom stereocenters. The lowest BCUT2D eigenvalue weighted by Crippen LogP contribution is -2.28. The standard InChI is InChI=1S/C22H12F7NO5S/c1-33-18-10-15(23)19(35-36(31,32)22(27,28)29)9-14(18)11-3-2-4-12(7-11)20-30-16-8-13(21(24,25)26)5-6-17(16)34-20/h2-10H,1H3. The van der Waals surface area contributed by atoms with Crippen molar-refractivity contribution >= 4 is 21.2 Å². The average Bonchev–Trinajstić information content (AvgIpc) is 3.22. The van der Waals surface area contributed by atoms with Crippen LogP contribution in [0, 0.1) is 5.82 Å². The van der Waals surface area contributed by atoms with Gasteiger partial charge in [-0.1, -0.05) is 12.1 Å². The fraction of sp³-hybridized carbons (Fsp3) is 0.136. The molecule has 0 spiro atoms. The number of aromatic nitrogens is 1. The molecule has 0 aliphatic heterocycles. The van der Waals surface area contributed by atoms with Crippen molar-refractivity contribution in [2.45, 2.75) is 11.7 Å². The number of alkyl halides is 6. The molecule has 3 aromatic carbocycles. The summed E-state index contributed by atoms with van der Waals surface area (Å²) in [6.45, 7) is 0. The molecule has 0 aliphatic carbocycles.